The fourth-order valence-electron chi connectivity index (χ4n) is 6.50. The van der Waals surface area contributed by atoms with Crippen molar-refractivity contribution in [3.8, 4) is 22.6 Å². The molecule has 8 rings (SSSR count). The Hall–Kier alpha value is -6.90. The number of ether oxygens (including phenoxy) is 2. The van der Waals surface area contributed by atoms with Gasteiger partial charge in [-0.15, -0.1) is 0 Å². The maximum Gasteiger partial charge on any atom is 0.262 e. The smallest absolute Gasteiger partial charge is 0.262 e. The van der Waals surface area contributed by atoms with Gasteiger partial charge in [-0.1, -0.05) is 78.9 Å². The van der Waals surface area contributed by atoms with Crippen molar-refractivity contribution in [2.24, 2.45) is 0 Å². The van der Waals surface area contributed by atoms with Crippen molar-refractivity contribution in [3.05, 3.63) is 146 Å². The Bertz CT molecular complexity index is 2720. The third-order valence-corrected chi connectivity index (χ3v) is 11.7. The highest BCUT2D eigenvalue weighted by Gasteiger charge is 2.23. The van der Waals surface area contributed by atoms with E-state index in [9.17, 15) is 26.4 Å². The summed E-state index contributed by atoms with van der Waals surface area (Å²) in [7, 11) is -8.56. The zero-order valence-corrected chi connectivity index (χ0v) is 31.0. The van der Waals surface area contributed by atoms with E-state index in [-0.39, 0.29) is 32.5 Å². The number of benzene rings is 7. The molecule has 12 nitrogen and oxygen atoms in total. The SMILES string of the molecule is O=C1COc2ccc3ccccc3c2-c2c(ccc3ccccc23)OCC(=O)Nc2cccc(c2)NS(=O)(=O)c2cccc(c2)S(=O)(=O)Nc2cccc(c2)N1. The van der Waals surface area contributed by atoms with Gasteiger partial charge in [0.15, 0.2) is 13.2 Å². The zero-order chi connectivity index (χ0) is 38.9. The summed E-state index contributed by atoms with van der Waals surface area (Å²) in [4.78, 5) is 26.1. The van der Waals surface area contributed by atoms with Crippen LogP contribution in [0.25, 0.3) is 32.7 Å². The molecule has 0 saturated carbocycles. The predicted octanol–water partition coefficient (Wildman–Crippen LogP) is 7.61. The van der Waals surface area contributed by atoms with Crippen LogP contribution in [0, 0.1) is 0 Å². The largest absolute Gasteiger partial charge is 0.483 e. The number of amides is 2. The lowest BCUT2D eigenvalue weighted by molar-refractivity contribution is -0.118. The maximum absolute atomic E-state index is 13.5. The van der Waals surface area contributed by atoms with Crippen LogP contribution in [-0.2, 0) is 29.6 Å². The van der Waals surface area contributed by atoms with E-state index < -0.39 is 45.1 Å². The van der Waals surface area contributed by atoms with E-state index in [0.717, 1.165) is 27.6 Å². The number of carbonyl (C=O) groups excluding carboxylic acids is 2. The average Bonchev–Trinajstić information content (AvgIpc) is 3.18. The maximum atomic E-state index is 13.5. The zero-order valence-electron chi connectivity index (χ0n) is 29.4. The fourth-order valence-corrected chi connectivity index (χ4v) is 8.76. The minimum Gasteiger partial charge on any atom is -0.483 e. The van der Waals surface area contributed by atoms with Crippen molar-refractivity contribution in [3.63, 3.8) is 0 Å². The lowest BCUT2D eigenvalue weighted by Gasteiger charge is -2.19. The molecular formula is C42H32N4O8S2. The molecule has 4 N–H and O–H groups in total. The first kappa shape index (κ1) is 36.1. The van der Waals surface area contributed by atoms with Crippen LogP contribution >= 0.6 is 0 Å². The van der Waals surface area contributed by atoms with Gasteiger partial charge in [-0.25, -0.2) is 16.8 Å². The normalized spacial score (nSPS) is 15.4. The van der Waals surface area contributed by atoms with Crippen molar-refractivity contribution < 1.29 is 35.9 Å². The summed E-state index contributed by atoms with van der Waals surface area (Å²) in [6.07, 6.45) is 0. The van der Waals surface area contributed by atoms with Crippen LogP contribution in [0.3, 0.4) is 0 Å². The van der Waals surface area contributed by atoms with Gasteiger partial charge in [0.05, 0.1) is 21.2 Å². The summed E-state index contributed by atoms with van der Waals surface area (Å²) < 4.78 is 71.2. The van der Waals surface area contributed by atoms with Crippen LogP contribution in [-0.4, -0.2) is 41.9 Å². The average molecular weight is 785 g/mol. The predicted molar refractivity (Wildman–Crippen MR) is 216 cm³/mol. The van der Waals surface area contributed by atoms with Gasteiger partial charge >= 0.3 is 0 Å². The minimum absolute atomic E-state index is 0.125. The lowest BCUT2D eigenvalue weighted by atomic mass is 9.92. The molecule has 0 atom stereocenters. The topological polar surface area (TPSA) is 169 Å². The fraction of sp³-hybridized carbons (Fsp3) is 0.0476. The Morgan fingerprint density at radius 1 is 0.429 bits per heavy atom. The molecule has 6 bridgehead atoms. The van der Waals surface area contributed by atoms with E-state index >= 15 is 0 Å². The third kappa shape index (κ3) is 7.56. The molecule has 56 heavy (non-hydrogen) atoms. The van der Waals surface area contributed by atoms with Gasteiger partial charge in [-0.05, 0) is 88.3 Å². The van der Waals surface area contributed by atoms with Crippen molar-refractivity contribution in [2.45, 2.75) is 9.79 Å². The number of hydrogen-bond acceptors (Lipinski definition) is 8. The van der Waals surface area contributed by atoms with Gasteiger partial charge in [0.1, 0.15) is 11.5 Å². The van der Waals surface area contributed by atoms with Gasteiger partial charge in [0.2, 0.25) is 0 Å². The first-order chi connectivity index (χ1) is 27.0. The molecule has 7 aromatic rings. The second-order valence-corrected chi connectivity index (χ2v) is 16.2. The summed E-state index contributed by atoms with van der Waals surface area (Å²) in [6.45, 7) is -0.807. The quantitative estimate of drug-likeness (QED) is 0.122. The summed E-state index contributed by atoms with van der Waals surface area (Å²) in [5.41, 5.74) is 2.12. The number of rotatable bonds is 0. The Labute approximate surface area is 322 Å². The Morgan fingerprint density at radius 3 is 1.30 bits per heavy atom. The van der Waals surface area contributed by atoms with E-state index in [2.05, 4.69) is 20.1 Å². The Balaban J connectivity index is 1.22. The summed E-state index contributed by atoms with van der Waals surface area (Å²) in [5, 5.41) is 8.95. The monoisotopic (exact) mass is 784 g/mol. The number of anilines is 4. The van der Waals surface area contributed by atoms with E-state index in [1.165, 1.54) is 42.5 Å². The van der Waals surface area contributed by atoms with E-state index in [4.69, 9.17) is 9.47 Å². The van der Waals surface area contributed by atoms with Crippen LogP contribution in [0.15, 0.2) is 155 Å². The standard InChI is InChI=1S/C42H32N4O8S2/c47-39-25-53-37-20-18-27-8-1-3-16-35(27)41(37)42-36-17-4-2-9-28(36)19-21-38(42)54-26-40(48)44-30-11-6-13-32(23-30)46-56(51,52)34-15-7-14-33(24-34)55(49,50)45-31-12-5-10-29(22-31)43-39/h1-24,45-46H,25-26H2,(H,43,47)(H,44,48). The van der Waals surface area contributed by atoms with Gasteiger partial charge in [-0.2, -0.15) is 0 Å². The molecule has 0 fully saturated rings. The first-order valence-electron chi connectivity index (χ1n) is 17.3. The molecule has 280 valence electrons. The molecule has 2 amide bonds. The highest BCUT2D eigenvalue weighted by molar-refractivity contribution is 7.93. The number of sulfonamides is 2. The number of carbonyl (C=O) groups is 2. The highest BCUT2D eigenvalue weighted by atomic mass is 32.2. The Morgan fingerprint density at radius 2 is 0.839 bits per heavy atom. The van der Waals surface area contributed by atoms with Gasteiger partial charge in [0, 0.05) is 22.5 Å². The summed E-state index contributed by atoms with van der Waals surface area (Å²) >= 11 is 0. The van der Waals surface area contributed by atoms with Crippen LogP contribution in [0.4, 0.5) is 22.7 Å². The van der Waals surface area contributed by atoms with Crippen LogP contribution in [0.2, 0.25) is 0 Å². The van der Waals surface area contributed by atoms with Gasteiger partial charge < -0.3 is 20.1 Å². The lowest BCUT2D eigenvalue weighted by Crippen LogP contribution is -2.21. The molecule has 0 spiro atoms. The summed E-state index contributed by atoms with van der Waals surface area (Å²) in [6, 6.07) is 39.8. The molecule has 7 aromatic carbocycles. The molecule has 0 saturated heterocycles. The van der Waals surface area contributed by atoms with E-state index in [1.807, 2.05) is 60.7 Å². The number of nitrogens with one attached hydrogen (secondary N) is 4. The molecular weight excluding hydrogens is 753 g/mol. The second kappa shape index (κ2) is 14.7. The molecule has 0 aromatic heterocycles. The second-order valence-electron chi connectivity index (χ2n) is 12.8. The number of hydrogen-bond donors (Lipinski definition) is 4. The van der Waals surface area contributed by atoms with Crippen molar-refractivity contribution >= 4 is 76.2 Å². The molecule has 0 aliphatic carbocycles. The highest BCUT2D eigenvalue weighted by Crippen LogP contribution is 2.45. The molecule has 0 unspecified atom stereocenters. The van der Waals surface area contributed by atoms with Crippen molar-refractivity contribution in [1.82, 2.24) is 0 Å². The van der Waals surface area contributed by atoms with Gasteiger partial charge in [-0.3, -0.25) is 19.0 Å². The van der Waals surface area contributed by atoms with E-state index in [1.54, 1.807) is 36.4 Å². The summed E-state index contributed by atoms with van der Waals surface area (Å²) in [5.74, 6) is -0.263. The van der Waals surface area contributed by atoms with Crippen LogP contribution < -0.4 is 29.6 Å². The molecule has 1 aliphatic heterocycles. The molecule has 14 heteroatoms. The van der Waals surface area contributed by atoms with Crippen molar-refractivity contribution in [1.29, 1.82) is 0 Å². The first-order valence-corrected chi connectivity index (χ1v) is 20.2. The van der Waals surface area contributed by atoms with Crippen molar-refractivity contribution in [2.75, 3.05) is 33.3 Å². The van der Waals surface area contributed by atoms with Crippen LogP contribution in [0.5, 0.6) is 11.5 Å². The molecule has 0 radical (unpaired) electrons. The minimum atomic E-state index is -4.28. The van der Waals surface area contributed by atoms with E-state index in [0.29, 0.717) is 22.6 Å². The molecule has 1 heterocycles. The number of fused-ring (bicyclic) bond motifs is 13. The van der Waals surface area contributed by atoms with Crippen LogP contribution in [0.1, 0.15) is 0 Å². The third-order valence-electron chi connectivity index (χ3n) is 8.97. The Kier molecular flexibility index (Phi) is 9.50. The molecule has 1 aliphatic rings. The van der Waals surface area contributed by atoms with Gasteiger partial charge in [0.25, 0.3) is 31.9 Å².